The van der Waals surface area contributed by atoms with Gasteiger partial charge < -0.3 is 10.6 Å². The molecule has 0 aromatic carbocycles. The number of carbonyl (C=O) groups is 1. The van der Waals surface area contributed by atoms with E-state index in [-0.39, 0.29) is 5.91 Å². The average molecular weight is 342 g/mol. The Labute approximate surface area is 148 Å². The van der Waals surface area contributed by atoms with Crippen molar-refractivity contribution in [1.82, 2.24) is 25.2 Å². The lowest BCUT2D eigenvalue weighted by atomic mass is 10.2. The molecule has 1 amide bonds. The van der Waals surface area contributed by atoms with Crippen LogP contribution < -0.4 is 10.6 Å². The van der Waals surface area contributed by atoms with Crippen molar-refractivity contribution >= 4 is 17.5 Å². The summed E-state index contributed by atoms with van der Waals surface area (Å²) in [5, 5.41) is 5.96. The van der Waals surface area contributed by atoms with Crippen LogP contribution in [0.1, 0.15) is 38.2 Å². The molecule has 0 fully saturated rings. The minimum absolute atomic E-state index is 0.185. The second-order valence-corrected chi connectivity index (χ2v) is 6.30. The molecule has 0 aliphatic heterocycles. The van der Waals surface area contributed by atoms with Crippen LogP contribution in [0.3, 0.4) is 0 Å². The number of anilines is 2. The lowest BCUT2D eigenvalue weighted by Gasteiger charge is -2.30. The van der Waals surface area contributed by atoms with Crippen molar-refractivity contribution in [2.75, 3.05) is 18.4 Å². The Balaban J connectivity index is 1.92. The molecule has 2 aromatic rings. The Kier molecular flexibility index (Phi) is 6.82. The summed E-state index contributed by atoms with van der Waals surface area (Å²) in [6, 6.07) is 6.14. The van der Waals surface area contributed by atoms with Crippen LogP contribution >= 0.6 is 0 Å². The summed E-state index contributed by atoms with van der Waals surface area (Å²) >= 11 is 0. The lowest BCUT2D eigenvalue weighted by molar-refractivity contribution is 0.0934. The van der Waals surface area contributed by atoms with E-state index in [1.807, 2.05) is 0 Å². The van der Waals surface area contributed by atoms with Crippen molar-refractivity contribution in [3.8, 4) is 0 Å². The molecule has 0 unspecified atom stereocenters. The van der Waals surface area contributed by atoms with Gasteiger partial charge >= 0.3 is 0 Å². The van der Waals surface area contributed by atoms with Crippen LogP contribution in [-0.4, -0.2) is 50.9 Å². The maximum atomic E-state index is 12.3. The second-order valence-electron chi connectivity index (χ2n) is 6.30. The number of rotatable bonds is 8. The van der Waals surface area contributed by atoms with Crippen molar-refractivity contribution in [2.45, 2.75) is 39.8 Å². The largest absolute Gasteiger partial charge is 0.349 e. The predicted molar refractivity (Wildman–Crippen MR) is 98.9 cm³/mol. The highest BCUT2D eigenvalue weighted by Crippen LogP contribution is 2.11. The molecule has 25 heavy (non-hydrogen) atoms. The molecule has 0 atom stereocenters. The van der Waals surface area contributed by atoms with E-state index in [1.165, 1.54) is 0 Å². The molecule has 0 saturated heterocycles. The molecule has 2 N–H and O–H groups in total. The molecule has 2 rings (SSSR count). The third kappa shape index (κ3) is 5.79. The predicted octanol–water partition coefficient (Wildman–Crippen LogP) is 2.46. The van der Waals surface area contributed by atoms with Crippen molar-refractivity contribution in [1.29, 1.82) is 0 Å². The van der Waals surface area contributed by atoms with Crippen LogP contribution in [-0.2, 0) is 0 Å². The first-order valence-electron chi connectivity index (χ1n) is 8.51. The fourth-order valence-electron chi connectivity index (χ4n) is 2.63. The minimum Gasteiger partial charge on any atom is -0.349 e. The summed E-state index contributed by atoms with van der Waals surface area (Å²) in [7, 11) is 0. The normalized spacial score (nSPS) is 11.2. The second kappa shape index (κ2) is 9.08. The summed E-state index contributed by atoms with van der Waals surface area (Å²) in [6.07, 6.45) is 4.79. The van der Waals surface area contributed by atoms with Gasteiger partial charge in [-0.05, 0) is 39.8 Å². The smallest absolute Gasteiger partial charge is 0.270 e. The Bertz CT molecular complexity index is 666. The Morgan fingerprint density at radius 3 is 2.52 bits per heavy atom. The SMILES string of the molecule is CC(C)N(CCNC(=O)c1cccc(Nc2cnccn2)n1)C(C)C. The van der Waals surface area contributed by atoms with Gasteiger partial charge in [0.1, 0.15) is 17.3 Å². The van der Waals surface area contributed by atoms with Crippen molar-refractivity contribution in [3.05, 3.63) is 42.5 Å². The first-order chi connectivity index (χ1) is 12.0. The van der Waals surface area contributed by atoms with Gasteiger partial charge in [0.25, 0.3) is 5.91 Å². The highest BCUT2D eigenvalue weighted by Gasteiger charge is 2.14. The standard InChI is InChI=1S/C18H26N6O/c1-13(2)24(14(3)4)11-10-21-18(25)15-6-5-7-16(22-15)23-17-12-19-8-9-20-17/h5-9,12-14H,10-11H2,1-4H3,(H,21,25)(H,20,22,23). The number of nitrogens with one attached hydrogen (secondary N) is 2. The number of pyridine rings is 1. The summed E-state index contributed by atoms with van der Waals surface area (Å²) < 4.78 is 0. The molecule has 7 nitrogen and oxygen atoms in total. The van der Waals surface area contributed by atoms with Gasteiger partial charge in [-0.15, -0.1) is 0 Å². The van der Waals surface area contributed by atoms with Crippen LogP contribution in [0.2, 0.25) is 0 Å². The first-order valence-corrected chi connectivity index (χ1v) is 8.51. The molecule has 134 valence electrons. The van der Waals surface area contributed by atoms with Crippen LogP contribution in [0.15, 0.2) is 36.8 Å². The third-order valence-electron chi connectivity index (χ3n) is 3.78. The maximum absolute atomic E-state index is 12.3. The number of aromatic nitrogens is 3. The van der Waals surface area contributed by atoms with Crippen LogP contribution in [0.25, 0.3) is 0 Å². The highest BCUT2D eigenvalue weighted by atomic mass is 16.1. The molecular weight excluding hydrogens is 316 g/mol. The summed E-state index contributed by atoms with van der Waals surface area (Å²) in [4.78, 5) is 27.1. The van der Waals surface area contributed by atoms with E-state index in [9.17, 15) is 4.79 Å². The van der Waals surface area contributed by atoms with Gasteiger partial charge in [0, 0.05) is 37.6 Å². The zero-order valence-corrected chi connectivity index (χ0v) is 15.2. The monoisotopic (exact) mass is 342 g/mol. The molecule has 2 aromatic heterocycles. The lowest BCUT2D eigenvalue weighted by Crippen LogP contribution is -2.42. The van der Waals surface area contributed by atoms with Gasteiger partial charge in [-0.3, -0.25) is 14.7 Å². The topological polar surface area (TPSA) is 83.0 Å². The molecule has 0 aliphatic rings. The molecule has 0 spiro atoms. The average Bonchev–Trinajstić information content (AvgIpc) is 2.59. The summed E-state index contributed by atoms with van der Waals surface area (Å²) in [5.74, 6) is 0.950. The van der Waals surface area contributed by atoms with E-state index in [0.29, 0.717) is 36.0 Å². The van der Waals surface area contributed by atoms with Crippen LogP contribution in [0, 0.1) is 0 Å². The number of hydrogen-bond acceptors (Lipinski definition) is 6. The van der Waals surface area contributed by atoms with E-state index in [1.54, 1.807) is 36.8 Å². The molecule has 0 saturated carbocycles. The van der Waals surface area contributed by atoms with Crippen LogP contribution in [0.4, 0.5) is 11.6 Å². The van der Waals surface area contributed by atoms with Gasteiger partial charge in [0.2, 0.25) is 0 Å². The quantitative estimate of drug-likeness (QED) is 0.767. The summed E-state index contributed by atoms with van der Waals surface area (Å²) in [5.41, 5.74) is 0.370. The number of amides is 1. The fourth-order valence-corrected chi connectivity index (χ4v) is 2.63. The number of nitrogens with zero attached hydrogens (tertiary/aromatic N) is 4. The number of hydrogen-bond donors (Lipinski definition) is 2. The molecule has 0 aliphatic carbocycles. The Morgan fingerprint density at radius 1 is 1.12 bits per heavy atom. The van der Waals surface area contributed by atoms with E-state index in [2.05, 4.69) is 58.2 Å². The zero-order chi connectivity index (χ0) is 18.2. The first kappa shape index (κ1) is 18.8. The van der Waals surface area contributed by atoms with Gasteiger partial charge in [-0.1, -0.05) is 6.07 Å². The van der Waals surface area contributed by atoms with Crippen molar-refractivity contribution in [3.63, 3.8) is 0 Å². The van der Waals surface area contributed by atoms with Crippen molar-refractivity contribution < 1.29 is 4.79 Å². The van der Waals surface area contributed by atoms with Crippen molar-refractivity contribution in [2.24, 2.45) is 0 Å². The summed E-state index contributed by atoms with van der Waals surface area (Å²) in [6.45, 7) is 10.0. The zero-order valence-electron chi connectivity index (χ0n) is 15.2. The van der Waals surface area contributed by atoms with E-state index in [0.717, 1.165) is 6.54 Å². The number of carbonyl (C=O) groups excluding carboxylic acids is 1. The minimum atomic E-state index is -0.185. The Hall–Kier alpha value is -2.54. The maximum Gasteiger partial charge on any atom is 0.270 e. The molecule has 2 heterocycles. The Morgan fingerprint density at radius 2 is 1.88 bits per heavy atom. The van der Waals surface area contributed by atoms with Crippen LogP contribution in [0.5, 0.6) is 0 Å². The highest BCUT2D eigenvalue weighted by molar-refractivity contribution is 5.92. The molecule has 0 bridgehead atoms. The molecule has 7 heteroatoms. The van der Waals surface area contributed by atoms with E-state index in [4.69, 9.17) is 0 Å². The van der Waals surface area contributed by atoms with Gasteiger partial charge in [-0.2, -0.15) is 0 Å². The van der Waals surface area contributed by atoms with Gasteiger partial charge in [0.05, 0.1) is 6.20 Å². The van der Waals surface area contributed by atoms with Gasteiger partial charge in [-0.25, -0.2) is 9.97 Å². The molecular formula is C18H26N6O. The van der Waals surface area contributed by atoms with Gasteiger partial charge in [0.15, 0.2) is 0 Å². The molecule has 0 radical (unpaired) electrons. The fraction of sp³-hybridized carbons (Fsp3) is 0.444. The van der Waals surface area contributed by atoms with E-state index >= 15 is 0 Å². The third-order valence-corrected chi connectivity index (χ3v) is 3.78. The van der Waals surface area contributed by atoms with E-state index < -0.39 is 0 Å².